The number of nitrogens with one attached hydrogen (secondary N) is 1. The molecular weight excluding hydrogens is 340 g/mol. The fraction of sp³-hybridized carbons (Fsp3) is 0.294. The molecule has 0 aliphatic carbocycles. The Morgan fingerprint density at radius 2 is 1.96 bits per heavy atom. The maximum Gasteiger partial charge on any atom is 0.247 e. The summed E-state index contributed by atoms with van der Waals surface area (Å²) in [6.07, 6.45) is 3.37. The van der Waals surface area contributed by atoms with Crippen LogP contribution in [0.4, 0.5) is 5.82 Å². The largest absolute Gasteiger partial charge is 0.306 e. The first-order valence-corrected chi connectivity index (χ1v) is 8.32. The number of benzene rings is 1. The lowest BCUT2D eigenvalue weighted by molar-refractivity contribution is -0.116. The second kappa shape index (κ2) is 7.06. The molecule has 1 aromatic carbocycles. The van der Waals surface area contributed by atoms with Gasteiger partial charge in [-0.25, -0.2) is 0 Å². The summed E-state index contributed by atoms with van der Waals surface area (Å²) in [4.78, 5) is 13.7. The minimum atomic E-state index is -0.207. The summed E-state index contributed by atoms with van der Waals surface area (Å²) in [5, 5.41) is 16.2. The average Bonchev–Trinajstić information content (AvgIpc) is 3.15. The van der Waals surface area contributed by atoms with Gasteiger partial charge in [0, 0.05) is 16.8 Å². The lowest BCUT2D eigenvalue weighted by Crippen LogP contribution is -2.19. The number of carbonyl (C=O) groups excluding carboxylic acids is 1. The quantitative estimate of drug-likeness (QED) is 0.758. The van der Waals surface area contributed by atoms with Gasteiger partial charge < -0.3 is 5.32 Å². The number of aromatic nitrogens is 5. The van der Waals surface area contributed by atoms with E-state index in [1.807, 2.05) is 51.2 Å². The number of carbonyl (C=O) groups is 1. The van der Waals surface area contributed by atoms with Crippen molar-refractivity contribution in [2.24, 2.45) is 0 Å². The fourth-order valence-electron chi connectivity index (χ4n) is 2.41. The van der Waals surface area contributed by atoms with Crippen LogP contribution in [0.5, 0.6) is 0 Å². The van der Waals surface area contributed by atoms with Crippen LogP contribution in [0.25, 0.3) is 11.3 Å². The van der Waals surface area contributed by atoms with E-state index < -0.39 is 0 Å². The van der Waals surface area contributed by atoms with Crippen LogP contribution >= 0.6 is 11.6 Å². The SMILES string of the molecule is Cc1cn(CC(=O)Nc2cnn(C(C)C)n2)nc1-c1ccc(Cl)cc1. The Balaban J connectivity index is 1.69. The van der Waals surface area contributed by atoms with Crippen LogP contribution in [0.2, 0.25) is 5.02 Å². The third-order valence-electron chi connectivity index (χ3n) is 3.61. The van der Waals surface area contributed by atoms with Crippen LogP contribution < -0.4 is 5.32 Å². The molecule has 0 bridgehead atoms. The minimum Gasteiger partial charge on any atom is -0.306 e. The molecule has 7 nitrogen and oxygen atoms in total. The zero-order valence-corrected chi connectivity index (χ0v) is 15.0. The van der Waals surface area contributed by atoms with Crippen molar-refractivity contribution in [2.75, 3.05) is 5.32 Å². The monoisotopic (exact) mass is 358 g/mol. The van der Waals surface area contributed by atoms with Gasteiger partial charge in [-0.3, -0.25) is 9.48 Å². The predicted octanol–water partition coefficient (Wildman–Crippen LogP) is 3.32. The van der Waals surface area contributed by atoms with Crippen molar-refractivity contribution in [1.82, 2.24) is 24.8 Å². The highest BCUT2D eigenvalue weighted by molar-refractivity contribution is 6.30. The molecule has 0 saturated carbocycles. The number of hydrogen-bond acceptors (Lipinski definition) is 4. The molecule has 3 aromatic rings. The number of amides is 1. The Kier molecular flexibility index (Phi) is 4.85. The van der Waals surface area contributed by atoms with Gasteiger partial charge in [0.25, 0.3) is 0 Å². The second-order valence-corrected chi connectivity index (χ2v) is 6.49. The molecule has 130 valence electrons. The molecule has 1 N–H and O–H groups in total. The summed E-state index contributed by atoms with van der Waals surface area (Å²) in [7, 11) is 0. The summed E-state index contributed by atoms with van der Waals surface area (Å²) >= 11 is 5.92. The molecule has 0 aliphatic rings. The zero-order chi connectivity index (χ0) is 18.0. The van der Waals surface area contributed by atoms with E-state index in [2.05, 4.69) is 20.6 Å². The zero-order valence-electron chi connectivity index (χ0n) is 14.3. The van der Waals surface area contributed by atoms with Gasteiger partial charge in [0.15, 0.2) is 5.82 Å². The van der Waals surface area contributed by atoms with Crippen LogP contribution in [0.3, 0.4) is 0 Å². The fourth-order valence-corrected chi connectivity index (χ4v) is 2.53. The van der Waals surface area contributed by atoms with E-state index in [9.17, 15) is 4.79 Å². The number of hydrogen-bond donors (Lipinski definition) is 1. The van der Waals surface area contributed by atoms with Gasteiger partial charge in [0.1, 0.15) is 6.54 Å². The van der Waals surface area contributed by atoms with Crippen LogP contribution in [0.1, 0.15) is 25.5 Å². The second-order valence-electron chi connectivity index (χ2n) is 6.06. The van der Waals surface area contributed by atoms with Gasteiger partial charge in [-0.2, -0.15) is 15.0 Å². The van der Waals surface area contributed by atoms with Gasteiger partial charge >= 0.3 is 0 Å². The summed E-state index contributed by atoms with van der Waals surface area (Å²) < 4.78 is 1.61. The summed E-state index contributed by atoms with van der Waals surface area (Å²) in [6.45, 7) is 6.00. The van der Waals surface area contributed by atoms with Crippen molar-refractivity contribution in [3.8, 4) is 11.3 Å². The molecule has 8 heteroatoms. The van der Waals surface area contributed by atoms with Crippen molar-refractivity contribution < 1.29 is 4.79 Å². The van der Waals surface area contributed by atoms with Gasteiger partial charge in [0.2, 0.25) is 5.91 Å². The van der Waals surface area contributed by atoms with Crippen molar-refractivity contribution in [1.29, 1.82) is 0 Å². The Hall–Kier alpha value is -2.67. The molecular formula is C17H19ClN6O. The molecule has 0 aliphatic heterocycles. The summed E-state index contributed by atoms with van der Waals surface area (Å²) in [5.74, 6) is 0.224. The van der Waals surface area contributed by atoms with E-state index >= 15 is 0 Å². The molecule has 2 heterocycles. The third kappa shape index (κ3) is 4.06. The summed E-state index contributed by atoms with van der Waals surface area (Å²) in [6, 6.07) is 7.60. The molecule has 0 radical (unpaired) electrons. The molecule has 25 heavy (non-hydrogen) atoms. The van der Waals surface area contributed by atoms with Crippen molar-refractivity contribution in [3.63, 3.8) is 0 Å². The van der Waals surface area contributed by atoms with Crippen LogP contribution in [-0.4, -0.2) is 30.7 Å². The van der Waals surface area contributed by atoms with Gasteiger partial charge in [-0.1, -0.05) is 23.7 Å². The van der Waals surface area contributed by atoms with Crippen molar-refractivity contribution in [3.05, 3.63) is 47.2 Å². The molecule has 3 rings (SSSR count). The van der Waals surface area contributed by atoms with E-state index in [-0.39, 0.29) is 18.5 Å². The predicted molar refractivity (Wildman–Crippen MR) is 96.4 cm³/mol. The first-order valence-electron chi connectivity index (χ1n) is 7.94. The number of rotatable bonds is 5. The Bertz CT molecular complexity index is 881. The molecule has 0 fully saturated rings. The maximum atomic E-state index is 12.2. The molecule has 0 spiro atoms. The smallest absolute Gasteiger partial charge is 0.247 e. The highest BCUT2D eigenvalue weighted by atomic mass is 35.5. The van der Waals surface area contributed by atoms with E-state index in [0.29, 0.717) is 10.8 Å². The topological polar surface area (TPSA) is 77.6 Å². The van der Waals surface area contributed by atoms with Gasteiger partial charge in [-0.15, -0.1) is 5.10 Å². The molecule has 2 aromatic heterocycles. The first-order chi connectivity index (χ1) is 11.9. The Morgan fingerprint density at radius 3 is 2.60 bits per heavy atom. The van der Waals surface area contributed by atoms with E-state index in [1.54, 1.807) is 9.48 Å². The number of nitrogens with zero attached hydrogens (tertiary/aromatic N) is 5. The van der Waals surface area contributed by atoms with E-state index in [0.717, 1.165) is 16.8 Å². The number of aryl methyl sites for hydroxylation is 1. The lowest BCUT2D eigenvalue weighted by Gasteiger charge is -2.03. The molecule has 0 atom stereocenters. The molecule has 0 unspecified atom stereocenters. The third-order valence-corrected chi connectivity index (χ3v) is 3.86. The highest BCUT2D eigenvalue weighted by Gasteiger charge is 2.12. The van der Waals surface area contributed by atoms with Crippen molar-refractivity contribution >= 4 is 23.3 Å². The van der Waals surface area contributed by atoms with E-state index in [4.69, 9.17) is 11.6 Å². The Labute approximate surface area is 150 Å². The lowest BCUT2D eigenvalue weighted by atomic mass is 10.1. The maximum absolute atomic E-state index is 12.2. The standard InChI is InChI=1S/C17H19ClN6O/c1-11(2)24-19-8-15(21-24)20-16(25)10-23-9-12(3)17(22-23)13-4-6-14(18)7-5-13/h4-9,11H,10H2,1-3H3,(H,20,21,25). The average molecular weight is 359 g/mol. The van der Waals surface area contributed by atoms with Gasteiger partial charge in [0.05, 0.1) is 17.9 Å². The van der Waals surface area contributed by atoms with Crippen LogP contribution in [-0.2, 0) is 11.3 Å². The highest BCUT2D eigenvalue weighted by Crippen LogP contribution is 2.23. The van der Waals surface area contributed by atoms with Crippen LogP contribution in [0.15, 0.2) is 36.7 Å². The van der Waals surface area contributed by atoms with Gasteiger partial charge in [-0.05, 0) is 38.5 Å². The van der Waals surface area contributed by atoms with Crippen LogP contribution in [0, 0.1) is 6.92 Å². The Morgan fingerprint density at radius 1 is 1.24 bits per heavy atom. The molecule has 1 amide bonds. The normalized spacial score (nSPS) is 11.1. The van der Waals surface area contributed by atoms with Crippen molar-refractivity contribution in [2.45, 2.75) is 33.4 Å². The number of anilines is 1. The van der Waals surface area contributed by atoms with E-state index in [1.165, 1.54) is 6.20 Å². The first kappa shape index (κ1) is 17.2. The number of halogens is 1. The summed E-state index contributed by atoms with van der Waals surface area (Å²) in [5.41, 5.74) is 2.78. The minimum absolute atomic E-state index is 0.100. The molecule has 0 saturated heterocycles.